The van der Waals surface area contributed by atoms with Gasteiger partial charge in [0.2, 0.25) is 0 Å². The number of nitrogens with one attached hydrogen (secondary N) is 1. The van der Waals surface area contributed by atoms with E-state index in [0.717, 1.165) is 23.5 Å². The molecular formula is C18H23N3O2. The minimum Gasteiger partial charge on any atom is -0.459 e. The molecule has 5 nitrogen and oxygen atoms in total. The Morgan fingerprint density at radius 1 is 1.39 bits per heavy atom. The monoisotopic (exact) mass is 313 g/mol. The lowest BCUT2D eigenvalue weighted by Gasteiger charge is -2.12. The summed E-state index contributed by atoms with van der Waals surface area (Å²) in [5, 5.41) is 17.8. The topological polar surface area (TPSA) is 63.2 Å². The number of furan rings is 1. The van der Waals surface area contributed by atoms with Gasteiger partial charge in [0.1, 0.15) is 11.3 Å². The Bertz CT molecular complexity index is 804. The van der Waals surface area contributed by atoms with Crippen LogP contribution in [0, 0.1) is 6.92 Å². The van der Waals surface area contributed by atoms with E-state index in [9.17, 15) is 0 Å². The number of aryl methyl sites for hydroxylation is 2. The van der Waals surface area contributed by atoms with Crippen molar-refractivity contribution in [1.29, 1.82) is 0 Å². The lowest BCUT2D eigenvalue weighted by molar-refractivity contribution is 0.269. The SMILES string of the molecule is CCc1c(C(C)Nc2cnn(CCO)c2)oc2ccc(C)cc12. The van der Waals surface area contributed by atoms with E-state index in [1.165, 1.54) is 16.5 Å². The molecule has 0 spiro atoms. The van der Waals surface area contributed by atoms with Crippen molar-refractivity contribution in [2.45, 2.75) is 39.8 Å². The van der Waals surface area contributed by atoms with E-state index in [1.807, 2.05) is 12.3 Å². The second-order valence-corrected chi connectivity index (χ2v) is 5.88. The van der Waals surface area contributed by atoms with E-state index in [0.29, 0.717) is 6.54 Å². The first-order valence-electron chi connectivity index (χ1n) is 8.04. The Kier molecular flexibility index (Phi) is 4.39. The van der Waals surface area contributed by atoms with Gasteiger partial charge in [-0.1, -0.05) is 18.6 Å². The summed E-state index contributed by atoms with van der Waals surface area (Å²) in [6.45, 7) is 6.93. The number of aliphatic hydroxyl groups excluding tert-OH is 1. The number of nitrogens with zero attached hydrogens (tertiary/aromatic N) is 2. The molecule has 1 aromatic carbocycles. The summed E-state index contributed by atoms with van der Waals surface area (Å²) in [4.78, 5) is 0. The van der Waals surface area contributed by atoms with Crippen LogP contribution in [0.1, 0.15) is 36.8 Å². The van der Waals surface area contributed by atoms with E-state index in [-0.39, 0.29) is 12.6 Å². The molecule has 3 rings (SSSR count). The summed E-state index contributed by atoms with van der Waals surface area (Å²) in [5.41, 5.74) is 4.36. The second kappa shape index (κ2) is 6.46. The molecule has 5 heteroatoms. The number of anilines is 1. The molecule has 0 aliphatic rings. The Balaban J connectivity index is 1.88. The number of hydrogen-bond donors (Lipinski definition) is 2. The van der Waals surface area contributed by atoms with E-state index in [4.69, 9.17) is 9.52 Å². The number of fused-ring (bicyclic) bond motifs is 1. The largest absolute Gasteiger partial charge is 0.459 e. The van der Waals surface area contributed by atoms with Gasteiger partial charge < -0.3 is 14.8 Å². The summed E-state index contributed by atoms with van der Waals surface area (Å²) in [6, 6.07) is 6.35. The second-order valence-electron chi connectivity index (χ2n) is 5.88. The molecule has 1 atom stereocenters. The number of aliphatic hydroxyl groups is 1. The zero-order valence-electron chi connectivity index (χ0n) is 13.8. The van der Waals surface area contributed by atoms with Gasteiger partial charge in [0.15, 0.2) is 0 Å². The quantitative estimate of drug-likeness (QED) is 0.729. The molecule has 0 amide bonds. The lowest BCUT2D eigenvalue weighted by Crippen LogP contribution is -2.07. The van der Waals surface area contributed by atoms with Crippen LogP contribution in [0.25, 0.3) is 11.0 Å². The molecule has 2 N–H and O–H groups in total. The highest BCUT2D eigenvalue weighted by molar-refractivity contribution is 5.83. The van der Waals surface area contributed by atoms with E-state index in [1.54, 1.807) is 10.9 Å². The van der Waals surface area contributed by atoms with Crippen molar-refractivity contribution in [3.05, 3.63) is 47.5 Å². The minimum atomic E-state index is 0.0458. The van der Waals surface area contributed by atoms with E-state index < -0.39 is 0 Å². The zero-order chi connectivity index (χ0) is 16.4. The van der Waals surface area contributed by atoms with Crippen LogP contribution >= 0.6 is 0 Å². The third-order valence-electron chi connectivity index (χ3n) is 4.07. The molecule has 2 aromatic heterocycles. The summed E-state index contributed by atoms with van der Waals surface area (Å²) in [6.07, 6.45) is 4.59. The fourth-order valence-corrected chi connectivity index (χ4v) is 2.97. The Labute approximate surface area is 135 Å². The molecule has 0 saturated heterocycles. The third-order valence-corrected chi connectivity index (χ3v) is 4.07. The average Bonchev–Trinajstić information content (AvgIpc) is 3.11. The molecule has 23 heavy (non-hydrogen) atoms. The minimum absolute atomic E-state index is 0.0458. The summed E-state index contributed by atoms with van der Waals surface area (Å²) < 4.78 is 7.82. The van der Waals surface area contributed by atoms with Crippen molar-refractivity contribution < 1.29 is 9.52 Å². The van der Waals surface area contributed by atoms with Gasteiger partial charge in [-0.05, 0) is 32.4 Å². The van der Waals surface area contributed by atoms with Crippen LogP contribution < -0.4 is 5.32 Å². The van der Waals surface area contributed by atoms with E-state index in [2.05, 4.69) is 43.3 Å². The maximum atomic E-state index is 8.96. The summed E-state index contributed by atoms with van der Waals surface area (Å²) >= 11 is 0. The third kappa shape index (κ3) is 3.10. The summed E-state index contributed by atoms with van der Waals surface area (Å²) in [5.74, 6) is 0.975. The first-order chi connectivity index (χ1) is 11.1. The van der Waals surface area contributed by atoms with Gasteiger partial charge in [0, 0.05) is 17.1 Å². The van der Waals surface area contributed by atoms with Crippen LogP contribution in [-0.4, -0.2) is 21.5 Å². The van der Waals surface area contributed by atoms with Crippen LogP contribution in [0.5, 0.6) is 0 Å². The highest BCUT2D eigenvalue weighted by Crippen LogP contribution is 2.32. The normalized spacial score (nSPS) is 12.7. The molecule has 1 unspecified atom stereocenters. The first kappa shape index (κ1) is 15.6. The first-order valence-corrected chi connectivity index (χ1v) is 8.04. The molecule has 0 fully saturated rings. The van der Waals surface area contributed by atoms with Gasteiger partial charge >= 0.3 is 0 Å². The highest BCUT2D eigenvalue weighted by atomic mass is 16.3. The number of aromatic nitrogens is 2. The summed E-state index contributed by atoms with van der Waals surface area (Å²) in [7, 11) is 0. The molecule has 0 aliphatic heterocycles. The molecular weight excluding hydrogens is 290 g/mol. The number of rotatable bonds is 6. The van der Waals surface area contributed by atoms with Gasteiger partial charge in [-0.25, -0.2) is 0 Å². The molecule has 3 aromatic rings. The molecule has 0 bridgehead atoms. The van der Waals surface area contributed by atoms with Crippen molar-refractivity contribution in [2.75, 3.05) is 11.9 Å². The van der Waals surface area contributed by atoms with Crippen LogP contribution in [0.4, 0.5) is 5.69 Å². The fraction of sp³-hybridized carbons (Fsp3) is 0.389. The van der Waals surface area contributed by atoms with Crippen LogP contribution in [-0.2, 0) is 13.0 Å². The maximum absolute atomic E-state index is 8.96. The predicted octanol–water partition coefficient (Wildman–Crippen LogP) is 3.67. The Morgan fingerprint density at radius 2 is 2.22 bits per heavy atom. The van der Waals surface area contributed by atoms with Gasteiger partial charge in [-0.3, -0.25) is 4.68 Å². The standard InChI is InChI=1S/C18H23N3O2/c1-4-15-16-9-12(2)5-6-17(16)23-18(15)13(3)20-14-10-19-21(11-14)7-8-22/h5-6,9-11,13,20,22H,4,7-8H2,1-3H3. The van der Waals surface area contributed by atoms with Crippen molar-refractivity contribution in [3.8, 4) is 0 Å². The number of benzene rings is 1. The Hall–Kier alpha value is -2.27. The smallest absolute Gasteiger partial charge is 0.134 e. The molecule has 0 saturated carbocycles. The average molecular weight is 313 g/mol. The van der Waals surface area contributed by atoms with Crippen molar-refractivity contribution in [3.63, 3.8) is 0 Å². The van der Waals surface area contributed by atoms with Crippen LogP contribution in [0.3, 0.4) is 0 Å². The molecule has 122 valence electrons. The molecule has 0 radical (unpaired) electrons. The fourth-order valence-electron chi connectivity index (χ4n) is 2.97. The van der Waals surface area contributed by atoms with E-state index >= 15 is 0 Å². The van der Waals surface area contributed by atoms with Gasteiger partial charge in [0.25, 0.3) is 0 Å². The van der Waals surface area contributed by atoms with Gasteiger partial charge in [-0.2, -0.15) is 5.10 Å². The van der Waals surface area contributed by atoms with Crippen LogP contribution in [0.2, 0.25) is 0 Å². The molecule has 0 aliphatic carbocycles. The predicted molar refractivity (Wildman–Crippen MR) is 91.7 cm³/mol. The molecule has 2 heterocycles. The Morgan fingerprint density at radius 3 is 2.96 bits per heavy atom. The van der Waals surface area contributed by atoms with Crippen molar-refractivity contribution in [2.24, 2.45) is 0 Å². The number of hydrogen-bond acceptors (Lipinski definition) is 4. The van der Waals surface area contributed by atoms with Crippen LogP contribution in [0.15, 0.2) is 35.0 Å². The lowest BCUT2D eigenvalue weighted by atomic mass is 10.0. The highest BCUT2D eigenvalue weighted by Gasteiger charge is 2.18. The van der Waals surface area contributed by atoms with Crippen molar-refractivity contribution >= 4 is 16.7 Å². The zero-order valence-corrected chi connectivity index (χ0v) is 13.8. The van der Waals surface area contributed by atoms with Crippen molar-refractivity contribution in [1.82, 2.24) is 9.78 Å². The maximum Gasteiger partial charge on any atom is 0.134 e. The van der Waals surface area contributed by atoms with Gasteiger partial charge in [-0.15, -0.1) is 0 Å². The van der Waals surface area contributed by atoms with Gasteiger partial charge in [0.05, 0.1) is 31.1 Å².